The Bertz CT molecular complexity index is 1010. The van der Waals surface area contributed by atoms with Gasteiger partial charge in [0.1, 0.15) is 11.9 Å². The second kappa shape index (κ2) is 9.21. The van der Waals surface area contributed by atoms with Crippen molar-refractivity contribution in [1.82, 2.24) is 9.47 Å². The molecular formula is C24H27ClN2O3. The molecule has 0 aliphatic carbocycles. The number of hydrogen-bond acceptors (Lipinski definition) is 4. The summed E-state index contributed by atoms with van der Waals surface area (Å²) in [5.41, 5.74) is 1.69. The first kappa shape index (κ1) is 20.9. The summed E-state index contributed by atoms with van der Waals surface area (Å²) in [6, 6.07) is 15.3. The number of ether oxygens (including phenoxy) is 1. The lowest BCUT2D eigenvalue weighted by molar-refractivity contribution is 0.0553. The Balaban J connectivity index is 1.31. The van der Waals surface area contributed by atoms with Crippen LogP contribution in [0.4, 0.5) is 0 Å². The predicted molar refractivity (Wildman–Crippen MR) is 119 cm³/mol. The number of benzene rings is 2. The highest BCUT2D eigenvalue weighted by molar-refractivity contribution is 6.30. The lowest BCUT2D eigenvalue weighted by Gasteiger charge is -2.33. The number of rotatable bonds is 7. The Morgan fingerprint density at radius 1 is 1.13 bits per heavy atom. The maximum Gasteiger partial charge on any atom is 0.161 e. The van der Waals surface area contributed by atoms with E-state index in [1.54, 1.807) is 6.92 Å². The number of para-hydroxylation sites is 1. The third kappa shape index (κ3) is 4.86. The van der Waals surface area contributed by atoms with E-state index in [4.69, 9.17) is 16.3 Å². The highest BCUT2D eigenvalue weighted by Crippen LogP contribution is 2.23. The molecule has 158 valence electrons. The molecule has 0 saturated carbocycles. The lowest BCUT2D eigenvalue weighted by Crippen LogP contribution is -2.42. The van der Waals surface area contributed by atoms with Crippen molar-refractivity contribution in [2.45, 2.75) is 38.5 Å². The normalized spacial score (nSPS) is 16.6. The summed E-state index contributed by atoms with van der Waals surface area (Å²) in [6.07, 6.45) is 3.40. The standard InChI is InChI=1S/C24H27ClN2O3/c1-17(28)23-16-27(24-5-3-2-4-22(23)24)15-19(29)14-26-12-10-21(11-13-26)30-20-8-6-18(25)7-9-20/h2-9,16,19,21,29H,10-15H2,1H3/t19-/m1/s1. The number of aromatic nitrogens is 1. The molecule has 1 N–H and O–H groups in total. The van der Waals surface area contributed by atoms with Gasteiger partial charge in [-0.1, -0.05) is 29.8 Å². The van der Waals surface area contributed by atoms with E-state index in [0.717, 1.165) is 42.6 Å². The Kier molecular flexibility index (Phi) is 6.42. The molecule has 2 heterocycles. The van der Waals surface area contributed by atoms with E-state index in [1.807, 2.05) is 59.3 Å². The first-order valence-electron chi connectivity index (χ1n) is 10.4. The summed E-state index contributed by atoms with van der Waals surface area (Å²) in [6.45, 7) is 4.43. The molecule has 4 rings (SSSR count). The van der Waals surface area contributed by atoms with Crippen LogP contribution >= 0.6 is 11.6 Å². The molecule has 30 heavy (non-hydrogen) atoms. The van der Waals surface area contributed by atoms with Crippen molar-refractivity contribution >= 4 is 28.3 Å². The first-order valence-corrected chi connectivity index (χ1v) is 10.8. The maximum atomic E-state index is 12.0. The fourth-order valence-electron chi connectivity index (χ4n) is 4.18. The van der Waals surface area contributed by atoms with Gasteiger partial charge in [0, 0.05) is 53.9 Å². The van der Waals surface area contributed by atoms with Crippen molar-refractivity contribution < 1.29 is 14.6 Å². The van der Waals surface area contributed by atoms with Crippen molar-refractivity contribution in [3.05, 3.63) is 65.3 Å². The van der Waals surface area contributed by atoms with Crippen LogP contribution < -0.4 is 4.74 Å². The van der Waals surface area contributed by atoms with Crippen molar-refractivity contribution in [1.29, 1.82) is 0 Å². The average molecular weight is 427 g/mol. The number of piperidine rings is 1. The minimum absolute atomic E-state index is 0.0437. The smallest absolute Gasteiger partial charge is 0.161 e. The summed E-state index contributed by atoms with van der Waals surface area (Å²) >= 11 is 5.92. The van der Waals surface area contributed by atoms with Gasteiger partial charge >= 0.3 is 0 Å². The quantitative estimate of drug-likeness (QED) is 0.569. The van der Waals surface area contributed by atoms with Crippen LogP contribution in [0.15, 0.2) is 54.7 Å². The van der Waals surface area contributed by atoms with Gasteiger partial charge < -0.3 is 19.3 Å². The van der Waals surface area contributed by atoms with E-state index in [0.29, 0.717) is 23.7 Å². The molecule has 6 heteroatoms. The van der Waals surface area contributed by atoms with E-state index >= 15 is 0 Å². The highest BCUT2D eigenvalue weighted by Gasteiger charge is 2.23. The second-order valence-corrected chi connectivity index (χ2v) is 8.43. The first-order chi connectivity index (χ1) is 14.5. The largest absolute Gasteiger partial charge is 0.490 e. The Morgan fingerprint density at radius 2 is 1.83 bits per heavy atom. The second-order valence-electron chi connectivity index (χ2n) is 7.99. The van der Waals surface area contributed by atoms with Crippen LogP contribution in [0.3, 0.4) is 0 Å². The van der Waals surface area contributed by atoms with Crippen LogP contribution in [0.5, 0.6) is 5.75 Å². The molecule has 1 aliphatic heterocycles. The van der Waals surface area contributed by atoms with E-state index in [9.17, 15) is 9.90 Å². The molecule has 1 aromatic heterocycles. The molecular weight excluding hydrogens is 400 g/mol. The number of ketones is 1. The molecule has 1 fully saturated rings. The Morgan fingerprint density at radius 3 is 2.53 bits per heavy atom. The summed E-state index contributed by atoms with van der Waals surface area (Å²) < 4.78 is 8.04. The fourth-order valence-corrected chi connectivity index (χ4v) is 4.30. The highest BCUT2D eigenvalue weighted by atomic mass is 35.5. The molecule has 1 aliphatic rings. The molecule has 0 spiro atoms. The minimum atomic E-state index is -0.505. The fraction of sp³-hybridized carbons (Fsp3) is 0.375. The zero-order chi connectivity index (χ0) is 21.1. The van der Waals surface area contributed by atoms with Gasteiger partial charge in [-0.25, -0.2) is 0 Å². The summed E-state index contributed by atoms with van der Waals surface area (Å²) in [4.78, 5) is 14.2. The van der Waals surface area contributed by atoms with E-state index in [-0.39, 0.29) is 11.9 Å². The van der Waals surface area contributed by atoms with E-state index < -0.39 is 6.10 Å². The SMILES string of the molecule is CC(=O)c1cn(C[C@H](O)CN2CCC(Oc3ccc(Cl)cc3)CC2)c2ccccc12. The third-order valence-corrected chi connectivity index (χ3v) is 5.95. The van der Waals surface area contributed by atoms with Crippen LogP contribution in [0, 0.1) is 0 Å². The zero-order valence-electron chi connectivity index (χ0n) is 17.1. The monoisotopic (exact) mass is 426 g/mol. The number of fused-ring (bicyclic) bond motifs is 1. The van der Waals surface area contributed by atoms with E-state index in [2.05, 4.69) is 4.90 Å². The van der Waals surface area contributed by atoms with Gasteiger partial charge in [0.25, 0.3) is 0 Å². The maximum absolute atomic E-state index is 12.0. The number of Topliss-reactive ketones (excluding diaryl/α,β-unsaturated/α-hetero) is 1. The molecule has 2 aromatic carbocycles. The number of likely N-dealkylation sites (tertiary alicyclic amines) is 1. The van der Waals surface area contributed by atoms with Crippen molar-refractivity contribution in [3.63, 3.8) is 0 Å². The van der Waals surface area contributed by atoms with Gasteiger partial charge in [-0.2, -0.15) is 0 Å². The molecule has 3 aromatic rings. The average Bonchev–Trinajstić information content (AvgIpc) is 3.10. The van der Waals surface area contributed by atoms with Crippen molar-refractivity contribution in [2.24, 2.45) is 0 Å². The topological polar surface area (TPSA) is 54.7 Å². The van der Waals surface area contributed by atoms with E-state index in [1.165, 1.54) is 0 Å². The van der Waals surface area contributed by atoms with Gasteiger partial charge in [-0.3, -0.25) is 4.79 Å². The number of carbonyl (C=O) groups excluding carboxylic acids is 1. The zero-order valence-corrected chi connectivity index (χ0v) is 17.9. The number of β-amino-alcohol motifs (C(OH)–C–C–N with tert-alkyl or cyclic N) is 1. The van der Waals surface area contributed by atoms with Crippen LogP contribution in [0.1, 0.15) is 30.1 Å². The number of aliphatic hydroxyl groups excluding tert-OH is 1. The van der Waals surface area contributed by atoms with Gasteiger partial charge in [0.05, 0.1) is 6.10 Å². The van der Waals surface area contributed by atoms with Gasteiger partial charge in [-0.05, 0) is 50.1 Å². The van der Waals surface area contributed by atoms with Gasteiger partial charge in [0.2, 0.25) is 0 Å². The van der Waals surface area contributed by atoms with Crippen LogP contribution in [0.2, 0.25) is 5.02 Å². The molecule has 0 amide bonds. The molecule has 5 nitrogen and oxygen atoms in total. The molecule has 1 atom stereocenters. The Labute approximate surface area is 181 Å². The molecule has 0 unspecified atom stereocenters. The Hall–Kier alpha value is -2.34. The van der Waals surface area contributed by atoms with Gasteiger partial charge in [-0.15, -0.1) is 0 Å². The number of carbonyl (C=O) groups is 1. The van der Waals surface area contributed by atoms with Crippen molar-refractivity contribution in [2.75, 3.05) is 19.6 Å². The van der Waals surface area contributed by atoms with Crippen LogP contribution in [0.25, 0.3) is 10.9 Å². The molecule has 0 radical (unpaired) electrons. The van der Waals surface area contributed by atoms with Crippen molar-refractivity contribution in [3.8, 4) is 5.75 Å². The number of nitrogens with zero attached hydrogens (tertiary/aromatic N) is 2. The number of hydrogen-bond donors (Lipinski definition) is 1. The molecule has 1 saturated heterocycles. The predicted octanol–water partition coefficient (Wildman–Crippen LogP) is 4.40. The summed E-state index contributed by atoms with van der Waals surface area (Å²) in [5.74, 6) is 0.890. The lowest BCUT2D eigenvalue weighted by atomic mass is 10.1. The van der Waals surface area contributed by atoms with Gasteiger partial charge in [0.15, 0.2) is 5.78 Å². The summed E-state index contributed by atoms with van der Waals surface area (Å²) in [7, 11) is 0. The summed E-state index contributed by atoms with van der Waals surface area (Å²) in [5, 5.41) is 12.3. The van der Waals surface area contributed by atoms with Crippen LogP contribution in [-0.2, 0) is 6.54 Å². The number of aliphatic hydroxyl groups is 1. The minimum Gasteiger partial charge on any atom is -0.490 e. The van der Waals surface area contributed by atoms with Crippen LogP contribution in [-0.4, -0.2) is 52.2 Å². The third-order valence-electron chi connectivity index (χ3n) is 5.70. The molecule has 0 bridgehead atoms. The number of halogens is 1.